The van der Waals surface area contributed by atoms with E-state index < -0.39 is 80.2 Å². The summed E-state index contributed by atoms with van der Waals surface area (Å²) in [5.74, 6) is -2.71. The highest BCUT2D eigenvalue weighted by atomic mass is 32.2. The first kappa shape index (κ1) is 38.6. The van der Waals surface area contributed by atoms with Crippen LogP contribution in [0.1, 0.15) is 96.3 Å². The van der Waals surface area contributed by atoms with Gasteiger partial charge in [-0.15, -0.1) is 6.58 Å². The molecular formula is C38H53N5O9S. The Labute approximate surface area is 311 Å². The highest BCUT2D eigenvalue weighted by Crippen LogP contribution is 2.45. The van der Waals surface area contributed by atoms with Crippen molar-refractivity contribution in [3.63, 3.8) is 0 Å². The van der Waals surface area contributed by atoms with E-state index in [4.69, 9.17) is 9.47 Å². The SMILES string of the molecule is C=C[C@H]1C[C@]1(NC(=O)[C@@H]1C[C@@H]2CN1C(=O)[C@H](C(C)(C)C)NC(=O)OCC(C)(C)CCCCc1cccc3c1CN(C3)C(=O)O2)C(=O)NS(=O)(=O)C1CC1. The number of ether oxygens (including phenoxy) is 2. The molecule has 4 bridgehead atoms. The maximum absolute atomic E-state index is 14.5. The van der Waals surface area contributed by atoms with E-state index in [1.165, 1.54) is 16.5 Å². The van der Waals surface area contributed by atoms with E-state index in [1.54, 1.807) is 25.7 Å². The molecule has 5 atom stereocenters. The monoisotopic (exact) mass is 755 g/mol. The molecule has 3 fully saturated rings. The molecule has 0 aromatic heterocycles. The van der Waals surface area contributed by atoms with E-state index in [0.717, 1.165) is 36.8 Å². The van der Waals surface area contributed by atoms with Crippen LogP contribution in [0.15, 0.2) is 30.9 Å². The zero-order chi connectivity index (χ0) is 38.5. The lowest BCUT2D eigenvalue weighted by Crippen LogP contribution is -2.60. The van der Waals surface area contributed by atoms with E-state index in [2.05, 4.69) is 28.0 Å². The molecule has 1 aromatic carbocycles. The van der Waals surface area contributed by atoms with Crippen LogP contribution in [0.3, 0.4) is 0 Å². The summed E-state index contributed by atoms with van der Waals surface area (Å²) in [5, 5.41) is 4.84. The predicted molar refractivity (Wildman–Crippen MR) is 194 cm³/mol. The van der Waals surface area contributed by atoms with E-state index in [9.17, 15) is 32.4 Å². The van der Waals surface area contributed by atoms with Crippen molar-refractivity contribution in [1.29, 1.82) is 0 Å². The molecule has 0 unspecified atom stereocenters. The fraction of sp³-hybridized carbons (Fsp3) is 0.658. The van der Waals surface area contributed by atoms with Gasteiger partial charge in [-0.1, -0.05) is 65.3 Å². The molecule has 6 rings (SSSR count). The van der Waals surface area contributed by atoms with Crippen molar-refractivity contribution >= 4 is 39.9 Å². The largest absolute Gasteiger partial charge is 0.449 e. The summed E-state index contributed by atoms with van der Waals surface area (Å²) >= 11 is 0. The molecule has 3 heterocycles. The van der Waals surface area contributed by atoms with E-state index in [1.807, 2.05) is 26.0 Å². The number of nitrogens with one attached hydrogen (secondary N) is 3. The Balaban J connectivity index is 1.28. The van der Waals surface area contributed by atoms with Crippen LogP contribution in [0, 0.1) is 16.7 Å². The first-order valence-corrected chi connectivity index (χ1v) is 20.2. The predicted octanol–water partition coefficient (Wildman–Crippen LogP) is 3.67. The zero-order valence-corrected chi connectivity index (χ0v) is 32.2. The second-order valence-electron chi connectivity index (χ2n) is 17.2. The molecule has 1 aromatic rings. The van der Waals surface area contributed by atoms with Crippen LogP contribution in [0.2, 0.25) is 0 Å². The number of aryl methyl sites for hydroxylation is 1. The number of amides is 5. The van der Waals surface area contributed by atoms with Crippen LogP contribution in [-0.4, -0.2) is 90.3 Å². The van der Waals surface area contributed by atoms with Gasteiger partial charge in [0.25, 0.3) is 5.91 Å². The van der Waals surface area contributed by atoms with Gasteiger partial charge < -0.3 is 25.0 Å². The van der Waals surface area contributed by atoms with Crippen molar-refractivity contribution in [2.75, 3.05) is 13.2 Å². The van der Waals surface area contributed by atoms with Gasteiger partial charge in [-0.25, -0.2) is 18.0 Å². The third kappa shape index (κ3) is 8.34. The van der Waals surface area contributed by atoms with Gasteiger partial charge in [0.05, 0.1) is 18.4 Å². The topological polar surface area (TPSA) is 181 Å². The minimum atomic E-state index is -3.91. The molecule has 5 aliphatic rings. The third-order valence-electron chi connectivity index (χ3n) is 11.2. The van der Waals surface area contributed by atoms with Crippen LogP contribution in [-0.2, 0) is 53.4 Å². The number of carbonyl (C=O) groups excluding carboxylic acids is 5. The van der Waals surface area contributed by atoms with Crippen LogP contribution < -0.4 is 15.4 Å². The van der Waals surface area contributed by atoms with Crippen molar-refractivity contribution < 1.29 is 41.9 Å². The molecule has 5 amide bonds. The van der Waals surface area contributed by atoms with Crippen LogP contribution in [0.25, 0.3) is 0 Å². The zero-order valence-electron chi connectivity index (χ0n) is 31.4. The van der Waals surface area contributed by atoms with Crippen molar-refractivity contribution in [1.82, 2.24) is 25.2 Å². The fourth-order valence-corrected chi connectivity index (χ4v) is 9.06. The van der Waals surface area contributed by atoms with E-state index >= 15 is 0 Å². The summed E-state index contributed by atoms with van der Waals surface area (Å²) in [5.41, 5.74) is 0.580. The number of sulfonamides is 1. The molecule has 0 spiro atoms. The molecule has 290 valence electrons. The number of nitrogens with zero attached hydrogens (tertiary/aromatic N) is 2. The van der Waals surface area contributed by atoms with Gasteiger partial charge in [-0.3, -0.25) is 24.0 Å². The second-order valence-corrected chi connectivity index (χ2v) is 19.2. The first-order chi connectivity index (χ1) is 24.8. The molecule has 53 heavy (non-hydrogen) atoms. The van der Waals surface area contributed by atoms with Gasteiger partial charge in [0.1, 0.15) is 23.7 Å². The fourth-order valence-electron chi connectivity index (χ4n) is 7.69. The number of rotatable bonds is 6. The van der Waals surface area contributed by atoms with Crippen LogP contribution in [0.4, 0.5) is 9.59 Å². The summed E-state index contributed by atoms with van der Waals surface area (Å²) in [4.78, 5) is 71.9. The summed E-state index contributed by atoms with van der Waals surface area (Å²) in [6, 6.07) is 3.73. The quantitative estimate of drug-likeness (QED) is 0.365. The van der Waals surface area contributed by atoms with Crippen molar-refractivity contribution in [3.05, 3.63) is 47.5 Å². The van der Waals surface area contributed by atoms with Gasteiger partial charge in [-0.2, -0.15) is 0 Å². The number of carbonyl (C=O) groups is 5. The second kappa shape index (κ2) is 14.3. The van der Waals surface area contributed by atoms with Crippen LogP contribution >= 0.6 is 0 Å². The third-order valence-corrected chi connectivity index (χ3v) is 13.0. The Morgan fingerprint density at radius 2 is 1.79 bits per heavy atom. The molecule has 2 saturated carbocycles. The minimum Gasteiger partial charge on any atom is -0.449 e. The number of alkyl carbamates (subject to hydrolysis) is 1. The normalized spacial score (nSPS) is 29.3. The number of cyclic esters (lactones) is 1. The Kier molecular flexibility index (Phi) is 10.4. The van der Waals surface area contributed by atoms with Gasteiger partial charge >= 0.3 is 12.2 Å². The maximum atomic E-state index is 14.5. The Hall–Kier alpha value is -4.14. The first-order valence-electron chi connectivity index (χ1n) is 18.6. The average Bonchev–Trinajstić information content (AvgIpc) is 3.97. The summed E-state index contributed by atoms with van der Waals surface area (Å²) in [6.07, 6.45) is 3.66. The number of fused-ring (bicyclic) bond motifs is 3. The van der Waals surface area contributed by atoms with Crippen molar-refractivity contribution in [2.24, 2.45) is 16.7 Å². The lowest BCUT2D eigenvalue weighted by molar-refractivity contribution is -0.143. The highest BCUT2D eigenvalue weighted by molar-refractivity contribution is 7.91. The molecule has 2 aliphatic carbocycles. The Morgan fingerprint density at radius 3 is 2.45 bits per heavy atom. The molecule has 0 radical (unpaired) electrons. The Bertz CT molecular complexity index is 1790. The average molecular weight is 756 g/mol. The summed E-state index contributed by atoms with van der Waals surface area (Å²) in [6.45, 7) is 13.9. The van der Waals surface area contributed by atoms with Crippen molar-refractivity contribution in [2.45, 2.75) is 128 Å². The molecular weight excluding hydrogens is 703 g/mol. The number of benzene rings is 1. The molecule has 3 aliphatic heterocycles. The van der Waals surface area contributed by atoms with Gasteiger partial charge in [-0.05, 0) is 66.0 Å². The lowest BCUT2D eigenvalue weighted by atomic mass is 9.85. The number of hydrogen-bond donors (Lipinski definition) is 3. The summed E-state index contributed by atoms with van der Waals surface area (Å²) in [7, 11) is -3.91. The Morgan fingerprint density at radius 1 is 1.08 bits per heavy atom. The number of hydrogen-bond acceptors (Lipinski definition) is 9. The van der Waals surface area contributed by atoms with Crippen molar-refractivity contribution in [3.8, 4) is 0 Å². The van der Waals surface area contributed by atoms with E-state index in [-0.39, 0.29) is 31.4 Å². The smallest absolute Gasteiger partial charge is 0.410 e. The highest BCUT2D eigenvalue weighted by Gasteiger charge is 2.62. The minimum absolute atomic E-state index is 0.0817. The van der Waals surface area contributed by atoms with Gasteiger partial charge in [0.15, 0.2) is 0 Å². The molecule has 15 heteroatoms. The van der Waals surface area contributed by atoms with Gasteiger partial charge in [0.2, 0.25) is 21.8 Å². The molecule has 1 saturated heterocycles. The van der Waals surface area contributed by atoms with Crippen LogP contribution in [0.5, 0.6) is 0 Å². The molecule has 3 N–H and O–H groups in total. The summed E-state index contributed by atoms with van der Waals surface area (Å²) < 4.78 is 39.1. The lowest BCUT2D eigenvalue weighted by Gasteiger charge is -2.35. The maximum Gasteiger partial charge on any atom is 0.410 e. The van der Waals surface area contributed by atoms with E-state index in [0.29, 0.717) is 25.9 Å². The standard InChI is InChI=1S/C38H53N5O9S/c1-7-25-18-38(25,33(46)41-53(49,50)27-14-15-27)40-31(44)29-17-26-20-43(29)32(45)30(36(2,3)4)39-34(47)51-22-37(5,6)16-9-8-11-23-12-10-13-24-19-42(21-28(23)24)35(48)52-26/h7,10,12-13,25-27,29-30H,1,8-9,11,14-22H2,2-6H3,(H,39,47)(H,40,44)(H,41,46)/t25-,26+,29-,30+,38+/m0/s1. The molecule has 14 nitrogen and oxygen atoms in total. The van der Waals surface area contributed by atoms with Gasteiger partial charge in [0, 0.05) is 25.4 Å².